The van der Waals surface area contributed by atoms with Gasteiger partial charge in [-0.2, -0.15) is 0 Å². The molecular weight excluding hydrogens is 572 g/mol. The van der Waals surface area contributed by atoms with Gasteiger partial charge < -0.3 is 24.4 Å². The number of amides is 2. The molecule has 1 aromatic heterocycles. The van der Waals surface area contributed by atoms with Crippen LogP contribution in [0.3, 0.4) is 0 Å². The topological polar surface area (TPSA) is 126 Å². The monoisotopic (exact) mass is 612 g/mol. The van der Waals surface area contributed by atoms with Gasteiger partial charge in [-0.25, -0.2) is 14.6 Å². The molecule has 2 atom stereocenters. The number of esters is 2. The highest BCUT2D eigenvalue weighted by Gasteiger charge is 2.35. The number of aromatic nitrogens is 1. The first-order valence-corrected chi connectivity index (χ1v) is 14.9. The number of rotatable bonds is 9. The van der Waals surface area contributed by atoms with E-state index in [1.807, 2.05) is 41.5 Å². The van der Waals surface area contributed by atoms with E-state index in [0.29, 0.717) is 55.6 Å². The molecule has 4 rings (SSSR count). The molecule has 0 spiro atoms. The lowest BCUT2D eigenvalue weighted by molar-refractivity contribution is -0.146. The van der Waals surface area contributed by atoms with E-state index in [1.54, 1.807) is 39.1 Å². The molecule has 2 aromatic rings. The van der Waals surface area contributed by atoms with E-state index in [1.165, 1.54) is 25.6 Å². The van der Waals surface area contributed by atoms with Crippen LogP contribution >= 0.6 is 11.3 Å². The smallest absolute Gasteiger partial charge is 0.337 e. The van der Waals surface area contributed by atoms with E-state index in [2.05, 4.69) is 20.2 Å². The fourth-order valence-corrected chi connectivity index (χ4v) is 5.94. The van der Waals surface area contributed by atoms with Gasteiger partial charge in [-0.1, -0.05) is 12.1 Å². The molecule has 2 amide bonds. The van der Waals surface area contributed by atoms with Crippen molar-refractivity contribution in [2.45, 2.75) is 38.3 Å². The van der Waals surface area contributed by atoms with Crippen molar-refractivity contribution in [1.82, 2.24) is 20.1 Å². The number of ether oxygens (including phenoxy) is 3. The number of benzene rings is 1. The van der Waals surface area contributed by atoms with Crippen LogP contribution in [-0.4, -0.2) is 112 Å². The number of hydrogen-bond acceptors (Lipinski definition) is 11. The molecule has 1 N–H and O–H groups in total. The van der Waals surface area contributed by atoms with Gasteiger partial charge in [-0.15, -0.1) is 11.3 Å². The molecule has 12 nitrogen and oxygen atoms in total. The summed E-state index contributed by atoms with van der Waals surface area (Å²) in [5.74, 6) is -0.146. The zero-order valence-corrected chi connectivity index (χ0v) is 26.6. The SMILES string of the molecule is COC[C@H]1CN(C(=O)N(C)c2ccc(C(C)(C)C(=O)OC)cc2)CCN1CC1=C(C(=O)OC)[C@H](C)N=C(c2nccs2)N1. The van der Waals surface area contributed by atoms with Crippen molar-refractivity contribution in [3.05, 3.63) is 57.7 Å². The van der Waals surface area contributed by atoms with Crippen molar-refractivity contribution >= 4 is 40.8 Å². The largest absolute Gasteiger partial charge is 0.468 e. The molecule has 0 bridgehead atoms. The number of urea groups is 1. The maximum absolute atomic E-state index is 13.6. The van der Waals surface area contributed by atoms with Crippen LogP contribution in [0.1, 0.15) is 31.3 Å². The van der Waals surface area contributed by atoms with Gasteiger partial charge >= 0.3 is 18.0 Å². The summed E-state index contributed by atoms with van der Waals surface area (Å²) in [6.45, 7) is 7.78. The Kier molecular flexibility index (Phi) is 10.2. The second kappa shape index (κ2) is 13.7. The molecule has 3 heterocycles. The van der Waals surface area contributed by atoms with Crippen molar-refractivity contribution in [3.8, 4) is 0 Å². The van der Waals surface area contributed by atoms with Crippen LogP contribution in [0, 0.1) is 0 Å². The molecule has 0 unspecified atom stereocenters. The number of carbonyl (C=O) groups excluding carboxylic acids is 3. The average molecular weight is 613 g/mol. The molecule has 0 radical (unpaired) electrons. The Balaban J connectivity index is 1.49. The number of nitrogens with zero attached hydrogens (tertiary/aromatic N) is 5. The Morgan fingerprint density at radius 3 is 2.44 bits per heavy atom. The molecule has 232 valence electrons. The molecule has 13 heteroatoms. The maximum Gasteiger partial charge on any atom is 0.337 e. The maximum atomic E-state index is 13.6. The standard InChI is InChI=1S/C30H40N6O6S/c1-19-24(27(37)41-6)23(33-25(32-19)26-31-12-15-43-26)17-35-13-14-36(16-22(35)18-40-5)29(39)34(4)21-10-8-20(9-11-21)30(2,3)28(38)42-7/h8-12,15,19,22H,13-14,16-18H2,1-7H3,(H,32,33)/t19-,22+/m0/s1. The number of piperazine rings is 1. The molecule has 1 saturated heterocycles. The van der Waals surface area contributed by atoms with E-state index >= 15 is 0 Å². The third-order valence-electron chi connectivity index (χ3n) is 7.93. The van der Waals surface area contributed by atoms with Crippen molar-refractivity contribution in [2.24, 2.45) is 4.99 Å². The number of anilines is 1. The summed E-state index contributed by atoms with van der Waals surface area (Å²) in [5.41, 5.74) is 1.87. The lowest BCUT2D eigenvalue weighted by Crippen LogP contribution is -2.59. The number of hydrogen-bond donors (Lipinski definition) is 1. The van der Waals surface area contributed by atoms with Crippen LogP contribution in [-0.2, 0) is 29.2 Å². The third-order valence-corrected chi connectivity index (χ3v) is 8.71. The molecule has 0 saturated carbocycles. The quantitative estimate of drug-likeness (QED) is 0.426. The van der Waals surface area contributed by atoms with Crippen LogP contribution in [0.2, 0.25) is 0 Å². The Morgan fingerprint density at radius 2 is 1.84 bits per heavy atom. The van der Waals surface area contributed by atoms with Gasteiger partial charge in [0.05, 0.1) is 43.9 Å². The van der Waals surface area contributed by atoms with Gasteiger partial charge in [0, 0.05) is 63.3 Å². The summed E-state index contributed by atoms with van der Waals surface area (Å²) < 4.78 is 15.6. The molecule has 43 heavy (non-hydrogen) atoms. The Morgan fingerprint density at radius 1 is 1.12 bits per heavy atom. The summed E-state index contributed by atoms with van der Waals surface area (Å²) in [6.07, 6.45) is 1.72. The van der Waals surface area contributed by atoms with Gasteiger partial charge in [0.2, 0.25) is 0 Å². The average Bonchev–Trinajstić information content (AvgIpc) is 3.56. The van der Waals surface area contributed by atoms with Crippen molar-refractivity contribution in [3.63, 3.8) is 0 Å². The molecule has 0 aliphatic carbocycles. The Bertz CT molecular complexity index is 1370. The molecule has 2 aliphatic rings. The first kappa shape index (κ1) is 32.1. The second-order valence-electron chi connectivity index (χ2n) is 11.0. The summed E-state index contributed by atoms with van der Waals surface area (Å²) in [4.78, 5) is 53.2. The zero-order valence-electron chi connectivity index (χ0n) is 25.7. The fraction of sp³-hybridized carbons (Fsp3) is 0.500. The first-order chi connectivity index (χ1) is 20.5. The highest BCUT2D eigenvalue weighted by molar-refractivity contribution is 7.11. The predicted octanol–water partition coefficient (Wildman–Crippen LogP) is 2.65. The molecule has 2 aliphatic heterocycles. The summed E-state index contributed by atoms with van der Waals surface area (Å²) in [5, 5.41) is 5.95. The highest BCUT2D eigenvalue weighted by Crippen LogP contribution is 2.28. The number of aliphatic imine (C=N–C) groups is 1. The zero-order chi connectivity index (χ0) is 31.3. The normalized spacial score (nSPS) is 19.4. The van der Waals surface area contributed by atoms with E-state index in [0.717, 1.165) is 10.6 Å². The van der Waals surface area contributed by atoms with Crippen LogP contribution in [0.5, 0.6) is 0 Å². The number of methoxy groups -OCH3 is 3. The predicted molar refractivity (Wildman–Crippen MR) is 164 cm³/mol. The lowest BCUT2D eigenvalue weighted by Gasteiger charge is -2.43. The fourth-order valence-electron chi connectivity index (χ4n) is 5.36. The summed E-state index contributed by atoms with van der Waals surface area (Å²) in [7, 11) is 6.11. The van der Waals surface area contributed by atoms with Crippen LogP contribution in [0.25, 0.3) is 0 Å². The van der Waals surface area contributed by atoms with Crippen LogP contribution in [0.4, 0.5) is 10.5 Å². The van der Waals surface area contributed by atoms with Crippen LogP contribution < -0.4 is 10.2 Å². The van der Waals surface area contributed by atoms with Crippen molar-refractivity contribution in [1.29, 1.82) is 0 Å². The second-order valence-corrected chi connectivity index (χ2v) is 11.9. The number of carbonyl (C=O) groups is 3. The molecular formula is C30H40N6O6S. The third kappa shape index (κ3) is 6.89. The van der Waals surface area contributed by atoms with E-state index in [-0.39, 0.29) is 18.0 Å². The van der Waals surface area contributed by atoms with E-state index in [4.69, 9.17) is 14.2 Å². The van der Waals surface area contributed by atoms with Crippen molar-refractivity contribution in [2.75, 3.05) is 66.1 Å². The number of amidine groups is 1. The minimum Gasteiger partial charge on any atom is -0.468 e. The highest BCUT2D eigenvalue weighted by atomic mass is 32.1. The van der Waals surface area contributed by atoms with Gasteiger partial charge in [-0.05, 0) is 38.5 Å². The van der Waals surface area contributed by atoms with Crippen LogP contribution in [0.15, 0.2) is 52.1 Å². The minimum atomic E-state index is -0.805. The Hall–Kier alpha value is -3.81. The number of thiazole rings is 1. The summed E-state index contributed by atoms with van der Waals surface area (Å²) in [6, 6.07) is 6.68. The van der Waals surface area contributed by atoms with Gasteiger partial charge in [0.1, 0.15) is 0 Å². The van der Waals surface area contributed by atoms with Gasteiger partial charge in [-0.3, -0.25) is 19.6 Å². The minimum absolute atomic E-state index is 0.120. The Labute approximate surface area is 256 Å². The number of nitrogens with one attached hydrogen (secondary N) is 1. The van der Waals surface area contributed by atoms with Gasteiger partial charge in [0.15, 0.2) is 10.8 Å². The molecule has 1 fully saturated rings. The summed E-state index contributed by atoms with van der Waals surface area (Å²) >= 11 is 1.47. The van der Waals surface area contributed by atoms with Crippen molar-refractivity contribution < 1.29 is 28.6 Å². The van der Waals surface area contributed by atoms with E-state index < -0.39 is 17.4 Å². The molecule has 1 aromatic carbocycles. The van der Waals surface area contributed by atoms with E-state index in [9.17, 15) is 14.4 Å². The van der Waals surface area contributed by atoms with Gasteiger partial charge in [0.25, 0.3) is 0 Å². The lowest BCUT2D eigenvalue weighted by atomic mass is 9.84. The first-order valence-electron chi connectivity index (χ1n) is 14.0.